The maximum atomic E-state index is 5.37. The first-order chi connectivity index (χ1) is 24.1. The fraction of sp³-hybridized carbons (Fsp3) is 0.170. The lowest BCUT2D eigenvalue weighted by atomic mass is 9.92. The third-order valence-electron chi connectivity index (χ3n) is 9.55. The molecule has 0 amide bonds. The highest BCUT2D eigenvalue weighted by molar-refractivity contribution is 5.95. The molecule has 2 heteroatoms. The summed E-state index contributed by atoms with van der Waals surface area (Å²) in [6.07, 6.45) is 21.9. The zero-order valence-electron chi connectivity index (χ0n) is 29.1. The minimum Gasteiger partial charge on any atom is -0.291 e. The van der Waals surface area contributed by atoms with Crippen LogP contribution < -0.4 is 10.4 Å². The van der Waals surface area contributed by atoms with Crippen LogP contribution in [0.25, 0.3) is 56.8 Å². The summed E-state index contributed by atoms with van der Waals surface area (Å²) in [7, 11) is 0. The van der Waals surface area contributed by atoms with Crippen molar-refractivity contribution >= 4 is 34.3 Å². The van der Waals surface area contributed by atoms with Crippen LogP contribution in [0.4, 0.5) is 0 Å². The van der Waals surface area contributed by atoms with Crippen LogP contribution >= 0.6 is 0 Å². The highest BCUT2D eigenvalue weighted by atomic mass is 15.0. The molecule has 49 heavy (non-hydrogen) atoms. The number of imidazole rings is 1. The molecule has 2 nitrogen and oxygen atoms in total. The smallest absolute Gasteiger partial charge is 0.145 e. The zero-order chi connectivity index (χ0) is 33.7. The monoisotopic (exact) mass is 636 g/mol. The predicted octanol–water partition coefficient (Wildman–Crippen LogP) is 10.8. The van der Waals surface area contributed by atoms with Crippen LogP contribution in [0, 0.1) is 0 Å². The summed E-state index contributed by atoms with van der Waals surface area (Å²) >= 11 is 0. The summed E-state index contributed by atoms with van der Waals surface area (Å²) in [6, 6.07) is 35.3. The lowest BCUT2D eigenvalue weighted by Gasteiger charge is -2.14. The predicted molar refractivity (Wildman–Crippen MR) is 211 cm³/mol. The Labute approximate surface area is 290 Å². The van der Waals surface area contributed by atoms with Crippen LogP contribution in [0.15, 0.2) is 139 Å². The first kappa shape index (κ1) is 32.1. The van der Waals surface area contributed by atoms with E-state index in [1.165, 1.54) is 43.7 Å². The molecule has 0 radical (unpaired) electrons. The molecule has 0 saturated heterocycles. The first-order valence-corrected chi connectivity index (χ1v) is 17.8. The molecule has 0 unspecified atom stereocenters. The number of pyridine rings is 1. The molecule has 1 aliphatic carbocycles. The summed E-state index contributed by atoms with van der Waals surface area (Å²) < 4.78 is 2.37. The van der Waals surface area contributed by atoms with Gasteiger partial charge >= 0.3 is 0 Å². The normalized spacial score (nSPS) is 14.6. The Morgan fingerprint density at radius 3 is 2.20 bits per heavy atom. The van der Waals surface area contributed by atoms with E-state index in [-0.39, 0.29) is 0 Å². The quantitative estimate of drug-likeness (QED) is 0.152. The third-order valence-corrected chi connectivity index (χ3v) is 9.55. The topological polar surface area (TPSA) is 17.3 Å². The maximum Gasteiger partial charge on any atom is 0.145 e. The molecule has 4 aromatic carbocycles. The molecular formula is C47H44N2. The molecule has 2 aromatic heterocycles. The average molecular weight is 637 g/mol. The van der Waals surface area contributed by atoms with Gasteiger partial charge in [-0.3, -0.25) is 4.40 Å². The van der Waals surface area contributed by atoms with Crippen LogP contribution in [0.2, 0.25) is 0 Å². The molecular weight excluding hydrogens is 593 g/mol. The minimum absolute atomic E-state index is 0.952. The van der Waals surface area contributed by atoms with Gasteiger partial charge in [0, 0.05) is 16.7 Å². The largest absolute Gasteiger partial charge is 0.291 e. The molecule has 0 atom stereocenters. The van der Waals surface area contributed by atoms with Gasteiger partial charge in [-0.15, -0.1) is 0 Å². The Morgan fingerprint density at radius 2 is 1.49 bits per heavy atom. The summed E-state index contributed by atoms with van der Waals surface area (Å²) in [5, 5.41) is 3.90. The Kier molecular flexibility index (Phi) is 9.39. The van der Waals surface area contributed by atoms with Gasteiger partial charge in [0.1, 0.15) is 5.65 Å². The van der Waals surface area contributed by atoms with Gasteiger partial charge in [-0.25, -0.2) is 4.98 Å². The number of nitrogens with zero attached hydrogens (tertiary/aromatic N) is 2. The molecule has 6 aromatic rings. The molecule has 7 rings (SSSR count). The van der Waals surface area contributed by atoms with E-state index in [2.05, 4.69) is 171 Å². The summed E-state index contributed by atoms with van der Waals surface area (Å²) in [5.41, 5.74) is 14.4. The lowest BCUT2D eigenvalue weighted by molar-refractivity contribution is 1.02. The third kappa shape index (κ3) is 6.16. The van der Waals surface area contributed by atoms with E-state index < -0.39 is 0 Å². The van der Waals surface area contributed by atoms with E-state index in [0.29, 0.717) is 0 Å². The van der Waals surface area contributed by atoms with Gasteiger partial charge in [-0.1, -0.05) is 148 Å². The van der Waals surface area contributed by atoms with Gasteiger partial charge in [0.05, 0.1) is 16.9 Å². The van der Waals surface area contributed by atoms with E-state index in [1.807, 2.05) is 6.92 Å². The van der Waals surface area contributed by atoms with Crippen molar-refractivity contribution in [1.82, 2.24) is 9.38 Å². The van der Waals surface area contributed by atoms with Gasteiger partial charge in [-0.2, -0.15) is 0 Å². The van der Waals surface area contributed by atoms with Crippen LogP contribution in [0.3, 0.4) is 0 Å². The number of hydrogen-bond acceptors (Lipinski definition) is 1. The molecule has 1 aliphatic rings. The standard InChI is InChI=1S/C47H44N2/c1-5-9-12-23-38-32-39-31-37(41-27-24-33(17-6-2)30-43-40(8-4)34(18-7-3)25-28-42(41)43)26-29-44(39)49-46(36-21-15-11-16-22-36)45(48-47(38)49)35-19-13-10-14-20-35/h5,9-29,31-32H,6-8,30H2,1-4H3/b9-5-,23-12-,33-17-,34-18-. The van der Waals surface area contributed by atoms with Crippen molar-refractivity contribution in [1.29, 1.82) is 0 Å². The fourth-order valence-electron chi connectivity index (χ4n) is 7.37. The highest BCUT2D eigenvalue weighted by Crippen LogP contribution is 2.37. The van der Waals surface area contributed by atoms with Gasteiger partial charge in [0.2, 0.25) is 0 Å². The molecule has 0 aliphatic heterocycles. The van der Waals surface area contributed by atoms with Gasteiger partial charge in [0.25, 0.3) is 0 Å². The highest BCUT2D eigenvalue weighted by Gasteiger charge is 2.21. The van der Waals surface area contributed by atoms with Crippen molar-refractivity contribution in [3.8, 4) is 22.5 Å². The van der Waals surface area contributed by atoms with Crippen LogP contribution in [-0.4, -0.2) is 9.38 Å². The van der Waals surface area contributed by atoms with Crippen LogP contribution in [0.1, 0.15) is 62.8 Å². The van der Waals surface area contributed by atoms with E-state index >= 15 is 0 Å². The van der Waals surface area contributed by atoms with Crippen molar-refractivity contribution in [3.63, 3.8) is 0 Å². The van der Waals surface area contributed by atoms with E-state index in [4.69, 9.17) is 4.98 Å². The second-order valence-electron chi connectivity index (χ2n) is 12.7. The van der Waals surface area contributed by atoms with Crippen molar-refractivity contribution in [2.75, 3.05) is 0 Å². The summed E-state index contributed by atoms with van der Waals surface area (Å²) in [6.45, 7) is 8.81. The van der Waals surface area contributed by atoms with Gasteiger partial charge in [-0.05, 0) is 94.5 Å². The first-order valence-electron chi connectivity index (χ1n) is 17.8. The number of hydrogen-bond donors (Lipinski definition) is 0. The number of rotatable bonds is 8. The van der Waals surface area contributed by atoms with E-state index in [9.17, 15) is 0 Å². The second-order valence-corrected chi connectivity index (χ2v) is 12.7. The SMILES string of the molecule is C/C=C\C=C/c1cc2cc(C3=c4cc/c(=C/CC)c(CC)c4C/C(=C\CC)C=C3)ccc2n2c(-c3ccccc3)c(-c3ccccc3)nc12. The molecule has 0 spiro atoms. The fourth-order valence-corrected chi connectivity index (χ4v) is 7.37. The molecule has 2 heterocycles. The lowest BCUT2D eigenvalue weighted by Crippen LogP contribution is -2.23. The number of fused-ring (bicyclic) bond motifs is 4. The Morgan fingerprint density at radius 1 is 0.735 bits per heavy atom. The van der Waals surface area contributed by atoms with E-state index in [0.717, 1.165) is 64.9 Å². The van der Waals surface area contributed by atoms with Gasteiger partial charge in [0.15, 0.2) is 0 Å². The van der Waals surface area contributed by atoms with E-state index in [1.54, 1.807) is 0 Å². The molecule has 0 N–H and O–H groups in total. The van der Waals surface area contributed by atoms with Crippen molar-refractivity contribution < 1.29 is 0 Å². The zero-order valence-corrected chi connectivity index (χ0v) is 29.1. The maximum absolute atomic E-state index is 5.37. The van der Waals surface area contributed by atoms with Crippen LogP contribution in [0.5, 0.6) is 0 Å². The number of allylic oxidation sites excluding steroid dienone is 7. The molecule has 0 saturated carbocycles. The molecule has 242 valence electrons. The Hall–Kier alpha value is -5.47. The minimum atomic E-state index is 0.952. The summed E-state index contributed by atoms with van der Waals surface area (Å²) in [4.78, 5) is 5.37. The van der Waals surface area contributed by atoms with Crippen molar-refractivity contribution in [3.05, 3.63) is 172 Å². The van der Waals surface area contributed by atoms with Crippen molar-refractivity contribution in [2.45, 2.75) is 53.4 Å². The second kappa shape index (κ2) is 14.3. The Bertz CT molecular complexity index is 2400. The number of benzene rings is 4. The van der Waals surface area contributed by atoms with Crippen molar-refractivity contribution in [2.24, 2.45) is 0 Å². The van der Waals surface area contributed by atoms with Crippen LogP contribution in [-0.2, 0) is 12.8 Å². The van der Waals surface area contributed by atoms with Gasteiger partial charge < -0.3 is 0 Å². The Balaban J connectivity index is 1.56. The number of aromatic nitrogens is 2. The molecule has 0 fully saturated rings. The molecule has 0 bridgehead atoms. The average Bonchev–Trinajstić information content (AvgIpc) is 3.45. The summed E-state index contributed by atoms with van der Waals surface area (Å²) in [5.74, 6) is 0.